The molecule has 0 aliphatic carbocycles. The first-order valence-electron chi connectivity index (χ1n) is 8.92. The van der Waals surface area contributed by atoms with Crippen molar-refractivity contribution in [2.24, 2.45) is 0 Å². The lowest BCUT2D eigenvalue weighted by Gasteiger charge is -2.09. The van der Waals surface area contributed by atoms with E-state index < -0.39 is 0 Å². The Hall–Kier alpha value is -3.67. The maximum atomic E-state index is 13.0. The fourth-order valence-electron chi connectivity index (χ4n) is 2.95. The molecule has 0 aliphatic rings. The van der Waals surface area contributed by atoms with Crippen molar-refractivity contribution in [2.45, 2.75) is 6.42 Å². The lowest BCUT2D eigenvalue weighted by Crippen LogP contribution is -2.30. The molecule has 0 unspecified atom stereocenters. The van der Waals surface area contributed by atoms with Crippen molar-refractivity contribution in [3.63, 3.8) is 0 Å². The van der Waals surface area contributed by atoms with E-state index in [4.69, 9.17) is 4.42 Å². The van der Waals surface area contributed by atoms with E-state index in [0.717, 1.165) is 16.5 Å². The minimum Gasteiger partial charge on any atom is -0.444 e. The number of aromatic nitrogens is 1. The van der Waals surface area contributed by atoms with E-state index in [1.165, 1.54) is 12.1 Å². The van der Waals surface area contributed by atoms with E-state index in [0.29, 0.717) is 30.1 Å². The molecule has 0 saturated heterocycles. The molecule has 1 heterocycles. The van der Waals surface area contributed by atoms with Crippen LogP contribution < -0.4 is 10.6 Å². The third-order valence-electron chi connectivity index (χ3n) is 4.35. The van der Waals surface area contributed by atoms with Gasteiger partial charge in [0.1, 0.15) is 12.1 Å². The number of hydrogen-bond donors (Lipinski definition) is 2. The summed E-state index contributed by atoms with van der Waals surface area (Å²) in [7, 11) is 0. The van der Waals surface area contributed by atoms with Crippen LogP contribution in [0.1, 0.15) is 5.69 Å². The molecular weight excluding hydrogens is 357 g/mol. The van der Waals surface area contributed by atoms with Gasteiger partial charge in [0.25, 0.3) is 0 Å². The second-order valence-electron chi connectivity index (χ2n) is 6.31. The molecule has 4 aromatic rings. The first-order valence-corrected chi connectivity index (χ1v) is 8.92. The smallest absolute Gasteiger partial charge is 0.319 e. The van der Waals surface area contributed by atoms with Crippen LogP contribution >= 0.6 is 0 Å². The molecule has 6 heteroatoms. The number of rotatable bonds is 5. The molecule has 0 fully saturated rings. The molecule has 0 bridgehead atoms. The minimum atomic E-state index is -0.308. The van der Waals surface area contributed by atoms with Gasteiger partial charge in [-0.25, -0.2) is 14.2 Å². The molecule has 0 spiro atoms. The fourth-order valence-corrected chi connectivity index (χ4v) is 2.95. The summed E-state index contributed by atoms with van der Waals surface area (Å²) in [6, 6.07) is 19.3. The quantitative estimate of drug-likeness (QED) is 0.516. The molecule has 28 heavy (non-hydrogen) atoms. The van der Waals surface area contributed by atoms with Crippen molar-refractivity contribution >= 4 is 22.5 Å². The van der Waals surface area contributed by atoms with Crippen molar-refractivity contribution in [1.82, 2.24) is 10.3 Å². The summed E-state index contributed by atoms with van der Waals surface area (Å²) in [5.74, 6) is 0.118. The summed E-state index contributed by atoms with van der Waals surface area (Å²) in [6.07, 6.45) is 2.07. The molecular formula is C22H18FN3O2. The SMILES string of the molecule is O=C(NCCc1coc(-c2ccc(F)cc2)n1)Nc1cccc2ccccc12. The molecule has 2 N–H and O–H groups in total. The zero-order valence-electron chi connectivity index (χ0n) is 15.0. The van der Waals surface area contributed by atoms with E-state index in [-0.39, 0.29) is 11.8 Å². The number of fused-ring (bicyclic) bond motifs is 1. The Bertz CT molecular complexity index is 1100. The summed E-state index contributed by atoms with van der Waals surface area (Å²) in [5, 5.41) is 7.75. The average molecular weight is 375 g/mol. The summed E-state index contributed by atoms with van der Waals surface area (Å²) in [5.41, 5.74) is 2.18. The number of nitrogens with zero attached hydrogens (tertiary/aromatic N) is 1. The second kappa shape index (κ2) is 7.92. The van der Waals surface area contributed by atoms with Gasteiger partial charge in [0.2, 0.25) is 5.89 Å². The lowest BCUT2D eigenvalue weighted by molar-refractivity contribution is 0.252. The third kappa shape index (κ3) is 4.01. The predicted molar refractivity (Wildman–Crippen MR) is 107 cm³/mol. The molecule has 3 aromatic carbocycles. The van der Waals surface area contributed by atoms with Crippen LogP contribution in [0.5, 0.6) is 0 Å². The normalized spacial score (nSPS) is 10.8. The van der Waals surface area contributed by atoms with Gasteiger partial charge in [-0.2, -0.15) is 0 Å². The van der Waals surface area contributed by atoms with Gasteiger partial charge in [0.15, 0.2) is 0 Å². The van der Waals surface area contributed by atoms with Crippen molar-refractivity contribution < 1.29 is 13.6 Å². The number of hydrogen-bond acceptors (Lipinski definition) is 3. The first-order chi connectivity index (χ1) is 13.7. The Morgan fingerprint density at radius 1 is 1.00 bits per heavy atom. The Morgan fingerprint density at radius 3 is 2.64 bits per heavy atom. The number of benzene rings is 3. The molecule has 0 aliphatic heterocycles. The zero-order valence-corrected chi connectivity index (χ0v) is 15.0. The van der Waals surface area contributed by atoms with Gasteiger partial charge in [-0.15, -0.1) is 0 Å². The highest BCUT2D eigenvalue weighted by Crippen LogP contribution is 2.23. The Labute approximate surface area is 161 Å². The van der Waals surface area contributed by atoms with Crippen LogP contribution in [0.15, 0.2) is 77.4 Å². The standard InChI is InChI=1S/C22H18FN3O2/c23-17-10-8-16(9-11-17)21-25-18(14-28-21)12-13-24-22(27)26-20-7-3-5-15-4-1-2-6-19(15)20/h1-11,14H,12-13H2,(H2,24,26,27). The van der Waals surface area contributed by atoms with Gasteiger partial charge in [-0.05, 0) is 35.7 Å². The van der Waals surface area contributed by atoms with Crippen molar-refractivity contribution in [3.05, 3.63) is 84.5 Å². The molecule has 4 rings (SSSR count). The van der Waals surface area contributed by atoms with Crippen LogP contribution in [-0.2, 0) is 6.42 Å². The van der Waals surface area contributed by atoms with E-state index >= 15 is 0 Å². The van der Waals surface area contributed by atoms with Gasteiger partial charge in [-0.1, -0.05) is 36.4 Å². The average Bonchev–Trinajstić information content (AvgIpc) is 3.18. The predicted octanol–water partition coefficient (Wildman–Crippen LogP) is 5.00. The maximum absolute atomic E-state index is 13.0. The number of carbonyl (C=O) groups is 1. The monoisotopic (exact) mass is 375 g/mol. The van der Waals surface area contributed by atoms with Gasteiger partial charge in [0, 0.05) is 23.9 Å². The number of urea groups is 1. The number of amides is 2. The number of carbonyl (C=O) groups excluding carboxylic acids is 1. The number of anilines is 1. The zero-order chi connectivity index (χ0) is 19.3. The Balaban J connectivity index is 1.33. The van der Waals surface area contributed by atoms with Crippen LogP contribution in [0.2, 0.25) is 0 Å². The molecule has 0 saturated carbocycles. The highest BCUT2D eigenvalue weighted by Gasteiger charge is 2.08. The van der Waals surface area contributed by atoms with Gasteiger partial charge in [0.05, 0.1) is 11.4 Å². The fraction of sp³-hybridized carbons (Fsp3) is 0.0909. The summed E-state index contributed by atoms with van der Waals surface area (Å²) < 4.78 is 18.4. The minimum absolute atomic E-state index is 0.279. The molecule has 1 aromatic heterocycles. The van der Waals surface area contributed by atoms with Gasteiger partial charge >= 0.3 is 6.03 Å². The Morgan fingerprint density at radius 2 is 1.79 bits per heavy atom. The number of nitrogens with one attached hydrogen (secondary N) is 2. The van der Waals surface area contributed by atoms with Crippen molar-refractivity contribution in [1.29, 1.82) is 0 Å². The van der Waals surface area contributed by atoms with Crippen molar-refractivity contribution in [3.8, 4) is 11.5 Å². The van der Waals surface area contributed by atoms with Gasteiger partial charge in [-0.3, -0.25) is 0 Å². The second-order valence-corrected chi connectivity index (χ2v) is 6.31. The van der Waals surface area contributed by atoms with E-state index in [2.05, 4.69) is 15.6 Å². The first kappa shape index (κ1) is 17.7. The highest BCUT2D eigenvalue weighted by molar-refractivity contribution is 6.01. The maximum Gasteiger partial charge on any atom is 0.319 e. The summed E-state index contributed by atoms with van der Waals surface area (Å²) in [4.78, 5) is 16.6. The molecule has 5 nitrogen and oxygen atoms in total. The van der Waals surface area contributed by atoms with Gasteiger partial charge < -0.3 is 15.1 Å². The summed E-state index contributed by atoms with van der Waals surface area (Å²) in [6.45, 7) is 0.409. The van der Waals surface area contributed by atoms with Crippen molar-refractivity contribution in [2.75, 3.05) is 11.9 Å². The van der Waals surface area contributed by atoms with Crippen LogP contribution in [0.3, 0.4) is 0 Å². The topological polar surface area (TPSA) is 67.2 Å². The van der Waals surface area contributed by atoms with Crippen LogP contribution in [0.25, 0.3) is 22.2 Å². The number of halogens is 1. The number of oxazole rings is 1. The summed E-state index contributed by atoms with van der Waals surface area (Å²) >= 11 is 0. The van der Waals surface area contributed by atoms with Crippen LogP contribution in [0, 0.1) is 5.82 Å². The molecule has 0 radical (unpaired) electrons. The van der Waals surface area contributed by atoms with E-state index in [9.17, 15) is 9.18 Å². The Kier molecular flexibility index (Phi) is 5.01. The highest BCUT2D eigenvalue weighted by atomic mass is 19.1. The van der Waals surface area contributed by atoms with E-state index in [1.807, 2.05) is 42.5 Å². The molecule has 0 atom stereocenters. The molecule has 2 amide bonds. The van der Waals surface area contributed by atoms with Crippen LogP contribution in [-0.4, -0.2) is 17.6 Å². The third-order valence-corrected chi connectivity index (χ3v) is 4.35. The largest absolute Gasteiger partial charge is 0.444 e. The molecule has 140 valence electrons. The van der Waals surface area contributed by atoms with Crippen LogP contribution in [0.4, 0.5) is 14.9 Å². The lowest BCUT2D eigenvalue weighted by atomic mass is 10.1. The van der Waals surface area contributed by atoms with E-state index in [1.54, 1.807) is 18.4 Å².